The largest absolute Gasteiger partial charge is 0.435 e. The molecule has 1 aromatic heterocycles. The minimum absolute atomic E-state index is 0.0594. The summed E-state index contributed by atoms with van der Waals surface area (Å²) in [6.45, 7) is 3.65. The Morgan fingerprint density at radius 1 is 1.14 bits per heavy atom. The van der Waals surface area contributed by atoms with E-state index in [9.17, 15) is 13.2 Å². The Hall–Kier alpha value is -1.95. The van der Waals surface area contributed by atoms with Crippen LogP contribution in [-0.4, -0.2) is 11.0 Å². The first-order valence-electron chi connectivity index (χ1n) is 6.63. The van der Waals surface area contributed by atoms with Crippen molar-refractivity contribution in [1.29, 1.82) is 0 Å². The van der Waals surface area contributed by atoms with Crippen molar-refractivity contribution in [2.24, 2.45) is 0 Å². The lowest BCUT2D eigenvalue weighted by molar-refractivity contribution is -0.140. The molecule has 0 aliphatic rings. The third-order valence-electron chi connectivity index (χ3n) is 2.74. The van der Waals surface area contributed by atoms with Gasteiger partial charge in [0.1, 0.15) is 5.15 Å². The fourth-order valence-corrected chi connectivity index (χ4v) is 2.13. The summed E-state index contributed by atoms with van der Waals surface area (Å²) in [5, 5.41) is 5.52. The molecular weight excluding hydrogens is 315 g/mol. The van der Waals surface area contributed by atoms with Gasteiger partial charge in [-0.25, -0.2) is 4.98 Å². The molecule has 2 aromatic rings. The van der Waals surface area contributed by atoms with Gasteiger partial charge in [-0.15, -0.1) is 0 Å². The molecule has 7 heteroatoms. The molecule has 0 spiro atoms. The van der Waals surface area contributed by atoms with Crippen molar-refractivity contribution in [2.45, 2.75) is 26.1 Å². The first-order chi connectivity index (χ1) is 10.3. The van der Waals surface area contributed by atoms with Gasteiger partial charge in [-0.3, -0.25) is 0 Å². The Morgan fingerprint density at radius 2 is 1.77 bits per heavy atom. The van der Waals surface area contributed by atoms with E-state index in [-0.39, 0.29) is 22.6 Å². The van der Waals surface area contributed by atoms with Crippen molar-refractivity contribution in [3.63, 3.8) is 0 Å². The molecule has 0 unspecified atom stereocenters. The van der Waals surface area contributed by atoms with E-state index in [0.717, 1.165) is 0 Å². The van der Waals surface area contributed by atoms with E-state index in [4.69, 9.17) is 11.6 Å². The fraction of sp³-hybridized carbons (Fsp3) is 0.267. The molecule has 0 radical (unpaired) electrons. The summed E-state index contributed by atoms with van der Waals surface area (Å²) in [4.78, 5) is 3.45. The van der Waals surface area contributed by atoms with E-state index in [0.29, 0.717) is 5.69 Å². The second-order valence-corrected chi connectivity index (χ2v) is 5.39. The van der Waals surface area contributed by atoms with Gasteiger partial charge in [0, 0.05) is 17.8 Å². The Morgan fingerprint density at radius 3 is 2.32 bits per heavy atom. The van der Waals surface area contributed by atoms with Crippen molar-refractivity contribution >= 4 is 28.7 Å². The average Bonchev–Trinajstić information content (AvgIpc) is 2.40. The van der Waals surface area contributed by atoms with Crippen molar-refractivity contribution < 1.29 is 13.2 Å². The van der Waals surface area contributed by atoms with Crippen LogP contribution in [0.5, 0.6) is 0 Å². The van der Waals surface area contributed by atoms with Crippen LogP contribution in [0.1, 0.15) is 19.5 Å². The Labute approximate surface area is 131 Å². The maximum atomic E-state index is 13.3. The van der Waals surface area contributed by atoms with Crippen LogP contribution in [-0.2, 0) is 6.18 Å². The topological polar surface area (TPSA) is 37.0 Å². The summed E-state index contributed by atoms with van der Waals surface area (Å²) in [5.74, 6) is 0. The number of hydrogen-bond donors (Lipinski definition) is 2. The summed E-state index contributed by atoms with van der Waals surface area (Å²) in [6.07, 6.45) is -4.62. The number of para-hydroxylation sites is 1. The maximum absolute atomic E-state index is 13.3. The summed E-state index contributed by atoms with van der Waals surface area (Å²) in [6, 6.07) is 9.91. The Kier molecular flexibility index (Phi) is 4.81. The number of benzene rings is 1. The van der Waals surface area contributed by atoms with E-state index >= 15 is 0 Å². The highest BCUT2D eigenvalue weighted by Gasteiger charge is 2.37. The van der Waals surface area contributed by atoms with Crippen LogP contribution in [0.2, 0.25) is 5.15 Å². The molecular formula is C15H15ClF3N3. The number of rotatable bonds is 4. The third kappa shape index (κ3) is 4.04. The van der Waals surface area contributed by atoms with Crippen LogP contribution in [0.3, 0.4) is 0 Å². The van der Waals surface area contributed by atoms with Crippen LogP contribution < -0.4 is 10.6 Å². The molecule has 0 amide bonds. The van der Waals surface area contributed by atoms with Crippen LogP contribution in [0.15, 0.2) is 36.4 Å². The molecule has 0 bridgehead atoms. The summed E-state index contributed by atoms with van der Waals surface area (Å²) < 4.78 is 39.8. The summed E-state index contributed by atoms with van der Waals surface area (Å²) >= 11 is 5.74. The third-order valence-corrected chi connectivity index (χ3v) is 2.94. The van der Waals surface area contributed by atoms with E-state index in [1.54, 1.807) is 30.3 Å². The molecule has 1 heterocycles. The lowest BCUT2D eigenvalue weighted by atomic mass is 10.2. The normalized spacial score (nSPS) is 11.6. The van der Waals surface area contributed by atoms with Gasteiger partial charge in [0.2, 0.25) is 0 Å². The van der Waals surface area contributed by atoms with E-state index in [1.165, 1.54) is 6.07 Å². The number of nitrogens with zero attached hydrogens (tertiary/aromatic N) is 1. The second kappa shape index (κ2) is 6.44. The molecule has 2 N–H and O–H groups in total. The molecule has 0 saturated carbocycles. The van der Waals surface area contributed by atoms with Gasteiger partial charge in [0.25, 0.3) is 0 Å². The van der Waals surface area contributed by atoms with Crippen LogP contribution in [0.4, 0.5) is 30.2 Å². The minimum Gasteiger partial charge on any atom is -0.381 e. The van der Waals surface area contributed by atoms with E-state index in [1.807, 2.05) is 13.8 Å². The molecule has 118 valence electrons. The molecule has 3 nitrogen and oxygen atoms in total. The first kappa shape index (κ1) is 16.4. The predicted octanol–water partition coefficient (Wildman–Crippen LogP) is 5.32. The van der Waals surface area contributed by atoms with Gasteiger partial charge in [-0.05, 0) is 26.0 Å². The number of halogens is 4. The maximum Gasteiger partial charge on any atom is 0.435 e. The first-order valence-corrected chi connectivity index (χ1v) is 7.01. The van der Waals surface area contributed by atoms with Crippen LogP contribution >= 0.6 is 11.6 Å². The number of aromatic nitrogens is 1. The lowest BCUT2D eigenvalue weighted by Gasteiger charge is -2.20. The summed E-state index contributed by atoms with van der Waals surface area (Å²) in [5.41, 5.74) is -0.404. The molecule has 0 fully saturated rings. The van der Waals surface area contributed by atoms with Crippen molar-refractivity contribution in [3.05, 3.63) is 47.2 Å². The highest BCUT2D eigenvalue weighted by atomic mass is 35.5. The fourth-order valence-electron chi connectivity index (χ4n) is 1.94. The molecule has 0 saturated heterocycles. The van der Waals surface area contributed by atoms with Crippen LogP contribution in [0.25, 0.3) is 0 Å². The molecule has 2 rings (SSSR count). The van der Waals surface area contributed by atoms with Gasteiger partial charge < -0.3 is 10.6 Å². The zero-order chi connectivity index (χ0) is 16.3. The predicted molar refractivity (Wildman–Crippen MR) is 82.7 cm³/mol. The number of nitrogens with one attached hydrogen (secondary N) is 2. The van der Waals surface area contributed by atoms with Crippen molar-refractivity contribution in [1.82, 2.24) is 4.98 Å². The van der Waals surface area contributed by atoms with Gasteiger partial charge >= 0.3 is 6.18 Å². The van der Waals surface area contributed by atoms with Crippen molar-refractivity contribution in [3.8, 4) is 0 Å². The lowest BCUT2D eigenvalue weighted by Crippen LogP contribution is -2.17. The molecule has 22 heavy (non-hydrogen) atoms. The SMILES string of the molecule is CC(C)Nc1cc(Cl)nc(C(F)(F)F)c1Nc1ccccc1. The highest BCUT2D eigenvalue weighted by Crippen LogP contribution is 2.40. The van der Waals surface area contributed by atoms with E-state index < -0.39 is 11.9 Å². The second-order valence-electron chi connectivity index (χ2n) is 5.00. The smallest absolute Gasteiger partial charge is 0.381 e. The highest BCUT2D eigenvalue weighted by molar-refractivity contribution is 6.29. The molecule has 1 aromatic carbocycles. The average molecular weight is 330 g/mol. The Balaban J connectivity index is 2.55. The number of pyridine rings is 1. The quantitative estimate of drug-likeness (QED) is 0.746. The zero-order valence-electron chi connectivity index (χ0n) is 12.0. The minimum atomic E-state index is -4.62. The number of anilines is 3. The summed E-state index contributed by atoms with van der Waals surface area (Å²) in [7, 11) is 0. The molecule has 0 aliphatic heterocycles. The van der Waals surface area contributed by atoms with Gasteiger partial charge in [-0.1, -0.05) is 29.8 Å². The van der Waals surface area contributed by atoms with E-state index in [2.05, 4.69) is 15.6 Å². The van der Waals surface area contributed by atoms with Crippen LogP contribution in [0, 0.1) is 0 Å². The number of alkyl halides is 3. The monoisotopic (exact) mass is 329 g/mol. The number of hydrogen-bond acceptors (Lipinski definition) is 3. The van der Waals surface area contributed by atoms with Crippen molar-refractivity contribution in [2.75, 3.05) is 10.6 Å². The van der Waals surface area contributed by atoms with Gasteiger partial charge in [-0.2, -0.15) is 13.2 Å². The molecule has 0 atom stereocenters. The Bertz CT molecular complexity index is 642. The standard InChI is InChI=1S/C15H15ClF3N3/c1-9(2)20-11-8-12(16)22-14(15(17,18)19)13(11)21-10-6-4-3-5-7-10/h3-9,21H,1-2H3,(H,20,22). The van der Waals surface area contributed by atoms with Gasteiger partial charge in [0.05, 0.1) is 11.4 Å². The van der Waals surface area contributed by atoms with Gasteiger partial charge in [0.15, 0.2) is 5.69 Å². The zero-order valence-corrected chi connectivity index (χ0v) is 12.8. The molecule has 0 aliphatic carbocycles.